The first kappa shape index (κ1) is 16.3. The third-order valence-electron chi connectivity index (χ3n) is 3.74. The van der Waals surface area contributed by atoms with E-state index in [1.54, 1.807) is 36.4 Å². The maximum atomic E-state index is 10.1. The predicted molar refractivity (Wildman–Crippen MR) is 87.0 cm³/mol. The fourth-order valence-electron chi connectivity index (χ4n) is 2.27. The topological polar surface area (TPSA) is 72.7 Å². The number of aromatic hydroxyl groups is 2. The molecule has 2 unspecified atom stereocenters. The fraction of sp³-hybridized carbons (Fsp3) is 0.333. The zero-order valence-corrected chi connectivity index (χ0v) is 12.7. The molecule has 2 aromatic rings. The SMILES string of the molecule is CC(CCc1ccc(O)cc1)NCC(O)[13c]1[13cH][13cH][13c](O)[13cH][13cH]1. The number of phenols is 2. The Hall–Kier alpha value is -2.04. The molecule has 0 saturated heterocycles. The molecule has 0 spiro atoms. The van der Waals surface area contributed by atoms with E-state index < -0.39 is 6.10 Å². The molecule has 2 aromatic carbocycles. The standard InChI is InChI=1S/C18H23NO3/c1-13(2-3-14-4-8-16(20)9-5-14)19-12-18(22)15-6-10-17(21)11-7-15/h4-11,13,18-22H,2-3,12H2,1H3/i6+1,7+1,10+1,11+1,15+1,17+1. The minimum atomic E-state index is -0.586. The molecule has 0 aliphatic heterocycles. The van der Waals surface area contributed by atoms with E-state index in [0.717, 1.165) is 18.4 Å². The highest BCUT2D eigenvalue weighted by Crippen LogP contribution is 2.16. The highest BCUT2D eigenvalue weighted by Gasteiger charge is 2.09. The lowest BCUT2D eigenvalue weighted by atomic mass is 10.1. The molecule has 118 valence electrons. The van der Waals surface area contributed by atoms with Crippen LogP contribution in [0.3, 0.4) is 0 Å². The van der Waals surface area contributed by atoms with Crippen molar-refractivity contribution in [1.82, 2.24) is 5.32 Å². The monoisotopic (exact) mass is 307 g/mol. The summed E-state index contributed by atoms with van der Waals surface area (Å²) in [6.07, 6.45) is 1.29. The van der Waals surface area contributed by atoms with Gasteiger partial charge in [-0.2, -0.15) is 0 Å². The number of aliphatic hydroxyl groups excluding tert-OH is 1. The predicted octanol–water partition coefficient (Wildman–Crippen LogP) is 2.74. The molecule has 0 heterocycles. The molecule has 4 nitrogen and oxygen atoms in total. The van der Waals surface area contributed by atoms with E-state index >= 15 is 0 Å². The van der Waals surface area contributed by atoms with Gasteiger partial charge < -0.3 is 20.6 Å². The summed E-state index contributed by atoms with van der Waals surface area (Å²) in [7, 11) is 0. The van der Waals surface area contributed by atoms with E-state index in [0.29, 0.717) is 6.54 Å². The van der Waals surface area contributed by atoms with Crippen LogP contribution in [-0.2, 0) is 6.42 Å². The lowest BCUT2D eigenvalue weighted by Gasteiger charge is -2.17. The van der Waals surface area contributed by atoms with Crippen LogP contribution in [0.1, 0.15) is 30.6 Å². The van der Waals surface area contributed by atoms with E-state index in [1.165, 1.54) is 5.56 Å². The van der Waals surface area contributed by atoms with Gasteiger partial charge in [0.05, 0.1) is 6.10 Å². The Morgan fingerprint density at radius 1 is 0.909 bits per heavy atom. The van der Waals surface area contributed by atoms with Crippen LogP contribution in [0, 0.1) is 0 Å². The van der Waals surface area contributed by atoms with Gasteiger partial charge in [0.25, 0.3) is 0 Å². The number of rotatable bonds is 7. The summed E-state index contributed by atoms with van der Waals surface area (Å²) in [5.41, 5.74) is 1.97. The van der Waals surface area contributed by atoms with Crippen LogP contribution in [0.15, 0.2) is 48.5 Å². The van der Waals surface area contributed by atoms with Crippen molar-refractivity contribution < 1.29 is 15.3 Å². The summed E-state index contributed by atoms with van der Waals surface area (Å²) in [6, 6.07) is 14.1. The van der Waals surface area contributed by atoms with Gasteiger partial charge in [0.1, 0.15) is 11.5 Å². The molecular weight excluding hydrogens is 284 g/mol. The third-order valence-corrected chi connectivity index (χ3v) is 3.74. The zero-order chi connectivity index (χ0) is 15.9. The summed E-state index contributed by atoms with van der Waals surface area (Å²) in [6.45, 7) is 2.56. The molecule has 0 radical (unpaired) electrons. The van der Waals surface area contributed by atoms with Crippen molar-refractivity contribution >= 4 is 0 Å². The van der Waals surface area contributed by atoms with E-state index in [9.17, 15) is 15.3 Å². The van der Waals surface area contributed by atoms with Gasteiger partial charge in [0.2, 0.25) is 0 Å². The lowest BCUT2D eigenvalue weighted by molar-refractivity contribution is 0.170. The van der Waals surface area contributed by atoms with Crippen LogP contribution in [0.4, 0.5) is 0 Å². The van der Waals surface area contributed by atoms with E-state index in [1.807, 2.05) is 12.1 Å². The smallest absolute Gasteiger partial charge is 0.115 e. The normalized spacial score (nSPS) is 13.7. The number of aryl methyl sites for hydroxylation is 1. The van der Waals surface area contributed by atoms with Crippen molar-refractivity contribution in [1.29, 1.82) is 0 Å². The van der Waals surface area contributed by atoms with Crippen LogP contribution in [0.5, 0.6) is 11.5 Å². The van der Waals surface area contributed by atoms with Crippen molar-refractivity contribution in [2.75, 3.05) is 6.54 Å². The molecular formula is C18H23NO3. The number of phenolic OH excluding ortho intramolecular Hbond substituents is 2. The second-order valence-corrected chi connectivity index (χ2v) is 5.62. The minimum absolute atomic E-state index is 0.200. The van der Waals surface area contributed by atoms with Gasteiger partial charge in [-0.3, -0.25) is 0 Å². The summed E-state index contributed by atoms with van der Waals surface area (Å²) in [5, 5.41) is 31.9. The Morgan fingerprint density at radius 3 is 2.05 bits per heavy atom. The van der Waals surface area contributed by atoms with Gasteiger partial charge in [0.15, 0.2) is 0 Å². The first-order valence-electron chi connectivity index (χ1n) is 7.53. The Labute approximate surface area is 131 Å². The van der Waals surface area contributed by atoms with Crippen LogP contribution >= 0.6 is 0 Å². The van der Waals surface area contributed by atoms with Gasteiger partial charge in [-0.05, 0) is 55.2 Å². The number of nitrogens with one attached hydrogen (secondary N) is 1. The molecule has 22 heavy (non-hydrogen) atoms. The summed E-state index contributed by atoms with van der Waals surface area (Å²) in [4.78, 5) is 0. The maximum absolute atomic E-state index is 10.1. The van der Waals surface area contributed by atoms with Gasteiger partial charge in [-0.15, -0.1) is 0 Å². The lowest BCUT2D eigenvalue weighted by Crippen LogP contribution is -2.30. The molecule has 2 rings (SSSR count). The van der Waals surface area contributed by atoms with E-state index in [4.69, 9.17) is 0 Å². The molecule has 2 atom stereocenters. The maximum Gasteiger partial charge on any atom is 0.115 e. The highest BCUT2D eigenvalue weighted by atomic mass is 16.3. The Kier molecular flexibility index (Phi) is 5.81. The second-order valence-electron chi connectivity index (χ2n) is 5.62. The van der Waals surface area contributed by atoms with Gasteiger partial charge in [0, 0.05) is 12.6 Å². The molecule has 0 saturated carbocycles. The quantitative estimate of drug-likeness (QED) is 0.635. The molecule has 0 amide bonds. The van der Waals surface area contributed by atoms with Crippen LogP contribution in [0.2, 0.25) is 0 Å². The largest absolute Gasteiger partial charge is 0.508 e. The first-order valence-corrected chi connectivity index (χ1v) is 7.53. The number of hydrogen-bond acceptors (Lipinski definition) is 4. The third kappa shape index (κ3) is 5.06. The Bertz CT molecular complexity index is 566. The fourth-order valence-corrected chi connectivity index (χ4v) is 2.27. The summed E-state index contributed by atoms with van der Waals surface area (Å²) in [5.74, 6) is 0.484. The van der Waals surface area contributed by atoms with Crippen LogP contribution < -0.4 is 5.32 Å². The summed E-state index contributed by atoms with van der Waals surface area (Å²) < 4.78 is 0. The average Bonchev–Trinajstić information content (AvgIpc) is 2.52. The van der Waals surface area contributed by atoms with Crippen LogP contribution in [-0.4, -0.2) is 27.9 Å². The Morgan fingerprint density at radius 2 is 1.45 bits per heavy atom. The highest BCUT2D eigenvalue weighted by molar-refractivity contribution is 5.27. The van der Waals surface area contributed by atoms with E-state index in [2.05, 4.69) is 12.2 Å². The van der Waals surface area contributed by atoms with Crippen LogP contribution in [0.25, 0.3) is 0 Å². The summed E-state index contributed by atoms with van der Waals surface area (Å²) >= 11 is 0. The zero-order valence-electron chi connectivity index (χ0n) is 12.7. The van der Waals surface area contributed by atoms with E-state index in [-0.39, 0.29) is 17.5 Å². The minimum Gasteiger partial charge on any atom is -0.508 e. The van der Waals surface area contributed by atoms with Crippen molar-refractivity contribution in [2.45, 2.75) is 31.9 Å². The number of aliphatic hydroxyl groups is 1. The van der Waals surface area contributed by atoms with Crippen molar-refractivity contribution in [3.63, 3.8) is 0 Å². The van der Waals surface area contributed by atoms with Crippen molar-refractivity contribution in [3.8, 4) is 11.5 Å². The van der Waals surface area contributed by atoms with Gasteiger partial charge in [-0.1, -0.05) is 24.3 Å². The number of benzene rings is 2. The molecule has 0 bridgehead atoms. The second kappa shape index (κ2) is 7.82. The van der Waals surface area contributed by atoms with Gasteiger partial charge in [-0.25, -0.2) is 0 Å². The Balaban J connectivity index is 1.73. The van der Waals surface area contributed by atoms with Crippen molar-refractivity contribution in [3.05, 3.63) is 59.7 Å². The molecule has 0 aliphatic rings. The molecule has 0 aromatic heterocycles. The number of hydrogen-bond donors (Lipinski definition) is 4. The van der Waals surface area contributed by atoms with Crippen molar-refractivity contribution in [2.24, 2.45) is 0 Å². The molecule has 4 N–H and O–H groups in total. The molecule has 4 heteroatoms. The molecule has 0 aliphatic carbocycles. The first-order chi connectivity index (χ1) is 10.5. The average molecular weight is 307 g/mol. The molecule has 0 fully saturated rings. The van der Waals surface area contributed by atoms with Gasteiger partial charge >= 0.3 is 0 Å².